The Balaban J connectivity index is 0.00000173. The van der Waals surface area contributed by atoms with E-state index < -0.39 is 46.0 Å². The topological polar surface area (TPSA) is 536 Å². The van der Waals surface area contributed by atoms with Gasteiger partial charge in [-0.15, -0.1) is 0 Å². The zero-order valence-electron chi connectivity index (χ0n) is 71.5. The van der Waals surface area contributed by atoms with Crippen LogP contribution in [-0.4, -0.2) is 160 Å². The quantitative estimate of drug-likeness (QED) is 0.00688. The Hall–Kier alpha value is -11.4. The first-order valence-corrected chi connectivity index (χ1v) is 42.7. The molecule has 0 radical (unpaired) electrons. The van der Waals surface area contributed by atoms with E-state index in [0.29, 0.717) is 128 Å². The number of anilines is 1. The van der Waals surface area contributed by atoms with Crippen molar-refractivity contribution in [3.8, 4) is 23.0 Å². The van der Waals surface area contributed by atoms with E-state index in [-0.39, 0.29) is 74.9 Å². The molecule has 674 valence electrons. The van der Waals surface area contributed by atoms with E-state index >= 15 is 0 Å². The smallest absolute Gasteiger partial charge is 0.497 e. The summed E-state index contributed by atoms with van der Waals surface area (Å²) in [5.41, 5.74) is 12.8. The number of carbonyl (C=O) groups excluding carboxylic acids is 1. The number of pyridine rings is 4. The van der Waals surface area contributed by atoms with Gasteiger partial charge < -0.3 is 105 Å². The number of amides is 1. The number of fused-ring (bicyclic) bond motifs is 1. The molecule has 1 aliphatic heterocycles. The molecule has 5 N–H and O–H groups in total. The predicted molar refractivity (Wildman–Crippen MR) is 465 cm³/mol. The molecule has 0 unspecified atom stereocenters. The summed E-state index contributed by atoms with van der Waals surface area (Å²) < 4.78 is 102. The van der Waals surface area contributed by atoms with Crippen LogP contribution in [0.5, 0.6) is 23.0 Å². The Morgan fingerprint density at radius 1 is 0.567 bits per heavy atom. The molecule has 4 aromatic heterocycles. The van der Waals surface area contributed by atoms with Gasteiger partial charge in [0.25, 0.3) is 26.1 Å². The SMILES string of the molecule is COc1ccc([NH2+]CCCCS(=O)(=O)O)c(C(C)(C)C/C=C/C2=C(Oc3ccc(C(=O)NCCOCCOCCOc4cc(CN(Cc5ccccn5)Cc5ccccn5)cc(CN(Cc5ccccn5)Cc5ccccn5)c4)cc3)C(=C/C=C3/N(CCCCS(=O)(=O)O)c4ccc(OC)cc4C3(C)C)/CCC2)c1.O=[N+]([O-])[O-].O=[N+]([O-])[O-].O=[N+]([O-])[O-].O=[N+]([O-])[O-].[Zn+2].[Zn+2]. The van der Waals surface area contributed by atoms with E-state index in [9.17, 15) is 30.7 Å². The molecule has 0 spiro atoms. The Bertz CT molecular complexity index is 4860. The number of methoxy groups -OCH3 is 2. The van der Waals surface area contributed by atoms with Gasteiger partial charge >= 0.3 is 39.0 Å². The van der Waals surface area contributed by atoms with E-state index in [1.807, 2.05) is 122 Å². The zero-order valence-corrected chi connectivity index (χ0v) is 79.1. The second-order valence-electron chi connectivity index (χ2n) is 29.4. The summed E-state index contributed by atoms with van der Waals surface area (Å²) in [6.07, 6.45) is 20.6. The number of ether oxygens (including phenoxy) is 6. The fourth-order valence-corrected chi connectivity index (χ4v) is 14.9. The molecule has 1 amide bonds. The average molecular weight is 1900 g/mol. The van der Waals surface area contributed by atoms with Crippen LogP contribution >= 0.6 is 0 Å². The summed E-state index contributed by atoms with van der Waals surface area (Å²) in [5.74, 6) is 2.57. The number of allylic oxidation sites excluding steroid dienone is 7. The number of nitrogens with zero attached hydrogens (tertiary/aromatic N) is 11. The third kappa shape index (κ3) is 41.7. The summed E-state index contributed by atoms with van der Waals surface area (Å²) in [4.78, 5) is 72.2. The second kappa shape index (κ2) is 55.9. The van der Waals surface area contributed by atoms with Gasteiger partial charge in [-0.25, -0.2) is 0 Å². The van der Waals surface area contributed by atoms with Gasteiger partial charge in [-0.1, -0.05) is 76.3 Å². The van der Waals surface area contributed by atoms with Crippen LogP contribution in [0.15, 0.2) is 223 Å². The molecular formula is C85H104N13O25S2Zn2+. The van der Waals surface area contributed by atoms with Crippen LogP contribution in [0.4, 0.5) is 11.4 Å². The number of nitrogens with one attached hydrogen (secondary N) is 1. The van der Waals surface area contributed by atoms with E-state index in [2.05, 4.69) is 128 Å². The van der Waals surface area contributed by atoms with Crippen LogP contribution in [0, 0.1) is 61.3 Å². The van der Waals surface area contributed by atoms with Crippen LogP contribution in [0.25, 0.3) is 0 Å². The Morgan fingerprint density at radius 2 is 1.03 bits per heavy atom. The van der Waals surface area contributed by atoms with Crippen LogP contribution in [0.1, 0.15) is 134 Å². The molecule has 10 rings (SSSR count). The van der Waals surface area contributed by atoms with Crippen LogP contribution < -0.4 is 34.5 Å². The summed E-state index contributed by atoms with van der Waals surface area (Å²) in [7, 11) is -4.87. The molecule has 4 aromatic carbocycles. The molecule has 0 fully saturated rings. The van der Waals surface area contributed by atoms with Gasteiger partial charge in [-0.2, -0.15) is 16.8 Å². The fourth-order valence-electron chi connectivity index (χ4n) is 13.7. The summed E-state index contributed by atoms with van der Waals surface area (Å²) in [5, 5.41) is 64.1. The molecule has 2 aliphatic rings. The Kier molecular flexibility index (Phi) is 47.5. The van der Waals surface area contributed by atoms with Gasteiger partial charge in [-0.3, -0.25) is 43.6 Å². The van der Waals surface area contributed by atoms with Crippen molar-refractivity contribution < 1.29 is 124 Å². The van der Waals surface area contributed by atoms with E-state index in [1.54, 1.807) is 38.5 Å². The van der Waals surface area contributed by atoms with Gasteiger partial charge in [-0.05, 0) is 206 Å². The monoisotopic (exact) mass is 1900 g/mol. The van der Waals surface area contributed by atoms with Crippen molar-refractivity contribution in [1.29, 1.82) is 0 Å². The number of benzene rings is 4. The maximum absolute atomic E-state index is 13.6. The molecule has 0 saturated heterocycles. The first-order valence-electron chi connectivity index (χ1n) is 39.5. The number of quaternary nitrogens is 1. The maximum atomic E-state index is 13.6. The molecule has 38 nitrogen and oxygen atoms in total. The molecule has 0 bridgehead atoms. The maximum Gasteiger partial charge on any atom is 2.00 e. The van der Waals surface area contributed by atoms with Crippen LogP contribution in [0.3, 0.4) is 0 Å². The van der Waals surface area contributed by atoms with Crippen molar-refractivity contribution in [3.63, 3.8) is 0 Å². The normalized spacial score (nSPS) is 13.3. The minimum absolute atomic E-state index is 0. The van der Waals surface area contributed by atoms with Gasteiger partial charge in [0.2, 0.25) is 0 Å². The van der Waals surface area contributed by atoms with Crippen LogP contribution in [0.2, 0.25) is 0 Å². The van der Waals surface area contributed by atoms with Gasteiger partial charge in [0.15, 0.2) is 0 Å². The van der Waals surface area contributed by atoms with Gasteiger partial charge in [0.05, 0.1) is 102 Å². The Morgan fingerprint density at radius 3 is 1.51 bits per heavy atom. The van der Waals surface area contributed by atoms with Crippen molar-refractivity contribution in [1.82, 2.24) is 35.1 Å². The first-order chi connectivity index (χ1) is 59.5. The molecule has 8 aromatic rings. The molecule has 1 aliphatic carbocycles. The standard InChI is InChI=1S/C85H103N9O13S2.4NO3.2Zn/c1-84(2,77-56-74(102-5)33-35-79(77)90-43-15-17-51-108(96,97)98)38-20-23-66-21-19-22-67(30-37-81-85(3,4)78-57-75(103-6)34-36-80(78)94(81)45-16-18-52-109(99,100)101)82(66)107-73-31-28-68(29-32-73)83(95)91-44-46-104-47-48-105-49-50-106-76-54-64(58-92(60-69-24-7-11-39-86-69)61-70-25-8-12-40-87-70)53-65(55-76)59-93(62-71-26-9-13-41-88-71)63-72-27-10-14-42-89-72;4*2-1(3)4;;/h7-14,20,23-37,39-42,53-57,90H,15-19,21-22,38,43-52,58-63H2,1-6H3,(H,91,95)(H,96,97,98)(H,99,100,101);;;;;;/q;4*-1;2*+2/p+1/b23-20+,67-30+,81-37+;;;;;;. The fraction of sp³-hybridized carbons (Fsp3) is 0.376. The van der Waals surface area contributed by atoms with Crippen molar-refractivity contribution in [2.45, 2.75) is 129 Å². The van der Waals surface area contributed by atoms with Gasteiger partial charge in [0.1, 0.15) is 41.1 Å². The first kappa shape index (κ1) is 108. The van der Waals surface area contributed by atoms with E-state index in [1.165, 1.54) is 0 Å². The average Bonchev–Trinajstić information content (AvgIpc) is 1.58. The molecule has 127 heavy (non-hydrogen) atoms. The number of rotatable bonds is 43. The number of hydrogen-bond donors (Lipinski definition) is 4. The van der Waals surface area contributed by atoms with Crippen LogP contribution in [-0.2, 0) is 119 Å². The van der Waals surface area contributed by atoms with Crippen molar-refractivity contribution in [2.24, 2.45) is 0 Å². The summed E-state index contributed by atoms with van der Waals surface area (Å²) in [6.45, 7) is 15.4. The molecule has 42 heteroatoms. The van der Waals surface area contributed by atoms with E-state index in [4.69, 9.17) is 89.7 Å². The van der Waals surface area contributed by atoms with Crippen molar-refractivity contribution >= 4 is 37.5 Å². The second-order valence-corrected chi connectivity index (χ2v) is 32.6. The number of carbonyl (C=O) groups is 1. The third-order valence-electron chi connectivity index (χ3n) is 19.2. The number of hydrogen-bond acceptors (Lipinski definition) is 30. The van der Waals surface area contributed by atoms with E-state index in [0.717, 1.165) is 110 Å². The largest absolute Gasteiger partial charge is 2.00 e. The summed E-state index contributed by atoms with van der Waals surface area (Å²) >= 11 is 0. The zero-order chi connectivity index (χ0) is 91.4. The molecule has 0 atom stereocenters. The Labute approximate surface area is 762 Å². The molecular weight excluding hydrogens is 1800 g/mol. The number of unbranched alkanes of at least 4 members (excludes halogenated alkanes) is 2. The molecule has 0 saturated carbocycles. The molecule has 5 heterocycles. The number of nitrogens with two attached hydrogens (primary N) is 1. The number of aromatic nitrogens is 4. The predicted octanol–water partition coefficient (Wildman–Crippen LogP) is 12.4. The minimum atomic E-state index is -4.12. The third-order valence-corrected chi connectivity index (χ3v) is 20.8. The van der Waals surface area contributed by atoms with Crippen molar-refractivity contribution in [3.05, 3.63) is 335 Å². The summed E-state index contributed by atoms with van der Waals surface area (Å²) in [6, 6.07) is 49.5. The minimum Gasteiger partial charge on any atom is -0.497 e. The van der Waals surface area contributed by atoms with Crippen molar-refractivity contribution in [2.75, 3.05) is 83.3 Å². The van der Waals surface area contributed by atoms with Gasteiger partial charge in [0, 0.05) is 111 Å².